The predicted octanol–water partition coefficient (Wildman–Crippen LogP) is 13.2. The van der Waals surface area contributed by atoms with E-state index in [1.807, 2.05) is 23.5 Å². The number of nitrogens with zero attached hydrogens (tertiary/aromatic N) is 1. The molecular weight excluding hydrogens is 599 g/mol. The van der Waals surface area contributed by atoms with E-state index in [1.54, 1.807) is 0 Å². The summed E-state index contributed by atoms with van der Waals surface area (Å²) in [6, 6.07) is 33.0. The first-order chi connectivity index (χ1) is 23.2. The maximum atomic E-state index is 3.88. The van der Waals surface area contributed by atoms with E-state index in [1.165, 1.54) is 76.4 Å². The van der Waals surface area contributed by atoms with Gasteiger partial charge < -0.3 is 4.90 Å². The van der Waals surface area contributed by atoms with Crippen molar-refractivity contribution in [3.63, 3.8) is 0 Å². The molecule has 1 nitrogen and oxygen atoms in total. The second-order valence-electron chi connectivity index (χ2n) is 13.1. The lowest BCUT2D eigenvalue weighted by molar-refractivity contribution is 0.660. The molecule has 6 rings (SSSR count). The molecule has 0 saturated carbocycles. The normalized spacial score (nSPS) is 14.6. The molecule has 2 heteroatoms. The number of hydrogen-bond acceptors (Lipinski definition) is 2. The summed E-state index contributed by atoms with van der Waals surface area (Å²) >= 11 is 1.90. The Balaban J connectivity index is 1.42. The van der Waals surface area contributed by atoms with Gasteiger partial charge in [0, 0.05) is 38.5 Å². The lowest BCUT2D eigenvalue weighted by Crippen LogP contribution is -2.22. The number of rotatable bonds is 10. The molecular formula is C46H45NS. The van der Waals surface area contributed by atoms with E-state index in [2.05, 4.69) is 180 Å². The van der Waals surface area contributed by atoms with Crippen molar-refractivity contribution in [2.75, 3.05) is 11.4 Å². The lowest BCUT2D eigenvalue weighted by atomic mass is 9.82. The Morgan fingerprint density at radius 2 is 1.56 bits per heavy atom. The van der Waals surface area contributed by atoms with Gasteiger partial charge in [-0.2, -0.15) is 0 Å². The van der Waals surface area contributed by atoms with Crippen LogP contribution in [0.2, 0.25) is 0 Å². The highest BCUT2D eigenvalue weighted by molar-refractivity contribution is 7.20. The number of fused-ring (bicyclic) bond motifs is 5. The Kier molecular flexibility index (Phi) is 9.66. The highest BCUT2D eigenvalue weighted by atomic mass is 32.1. The molecule has 240 valence electrons. The van der Waals surface area contributed by atoms with Crippen molar-refractivity contribution in [2.45, 2.75) is 47.0 Å². The van der Waals surface area contributed by atoms with Crippen LogP contribution in [0.15, 0.2) is 146 Å². The van der Waals surface area contributed by atoms with Crippen molar-refractivity contribution in [3.8, 4) is 11.1 Å². The first-order valence-corrected chi connectivity index (χ1v) is 17.6. The van der Waals surface area contributed by atoms with Crippen molar-refractivity contribution in [1.29, 1.82) is 0 Å². The molecule has 0 N–H and O–H groups in total. The smallest absolute Gasteiger partial charge is 0.0433 e. The molecule has 0 saturated heterocycles. The van der Waals surface area contributed by atoms with Crippen LogP contribution in [0.4, 0.5) is 5.69 Å². The van der Waals surface area contributed by atoms with E-state index in [0.717, 1.165) is 6.54 Å². The third-order valence-corrected chi connectivity index (χ3v) is 11.0. The van der Waals surface area contributed by atoms with Crippen molar-refractivity contribution in [2.24, 2.45) is 0 Å². The van der Waals surface area contributed by atoms with Crippen LogP contribution in [0.1, 0.15) is 67.3 Å². The Morgan fingerprint density at radius 1 is 0.854 bits per heavy atom. The minimum atomic E-state index is -0.113. The summed E-state index contributed by atoms with van der Waals surface area (Å²) in [5, 5.41) is 1.35. The Hall–Kier alpha value is -4.92. The molecule has 0 radical (unpaired) electrons. The van der Waals surface area contributed by atoms with Crippen molar-refractivity contribution in [1.82, 2.24) is 0 Å². The standard InChI is InChI=1S/C46H45NS/c1-8-10-23-43-34(5)39-28-29-41-44(45(39)48-43)40-27-26-38(31-42(40)46(41,6)7)47(30-17-22-35(9-2)37-20-15-12-16-21-37)33(4)25-24-32(3)36-18-13-11-14-19-36/h8-29,31H,1,30H2,2-7H3/b22-17-,23-10-,32-24+,33-25+,35-9+. The highest BCUT2D eigenvalue weighted by Gasteiger charge is 2.37. The number of benzene rings is 4. The van der Waals surface area contributed by atoms with Crippen LogP contribution in [0.5, 0.6) is 0 Å². The first kappa shape index (κ1) is 33.0. The predicted molar refractivity (Wildman–Crippen MR) is 214 cm³/mol. The molecule has 0 fully saturated rings. The fraction of sp³-hybridized carbons (Fsp3) is 0.174. The van der Waals surface area contributed by atoms with Gasteiger partial charge in [-0.3, -0.25) is 0 Å². The minimum Gasteiger partial charge on any atom is -0.342 e. The SMILES string of the molecule is C=C/C=C\c1sc2c3c(ccc2c1C)C(C)(C)c1cc(N(C/C=C\C(=C/C)c2ccccc2)/C(C)=C/C=C(\C)c2ccccc2)ccc1-3. The van der Waals surface area contributed by atoms with E-state index in [4.69, 9.17) is 0 Å². The van der Waals surface area contributed by atoms with Crippen LogP contribution in [0.25, 0.3) is 38.4 Å². The van der Waals surface area contributed by atoms with Gasteiger partial charge in [0.2, 0.25) is 0 Å². The molecule has 0 atom stereocenters. The quantitative estimate of drug-likeness (QED) is 0.137. The van der Waals surface area contributed by atoms with E-state index in [9.17, 15) is 0 Å². The molecule has 0 aliphatic heterocycles. The van der Waals surface area contributed by atoms with Gasteiger partial charge in [0.15, 0.2) is 0 Å². The largest absolute Gasteiger partial charge is 0.342 e. The molecule has 0 amide bonds. The van der Waals surface area contributed by atoms with Gasteiger partial charge in [-0.15, -0.1) is 11.3 Å². The maximum Gasteiger partial charge on any atom is 0.0433 e. The molecule has 1 aliphatic carbocycles. The zero-order valence-electron chi connectivity index (χ0n) is 29.0. The lowest BCUT2D eigenvalue weighted by Gasteiger charge is -2.27. The molecule has 5 aromatic rings. The molecule has 48 heavy (non-hydrogen) atoms. The van der Waals surface area contributed by atoms with Gasteiger partial charge in [0.05, 0.1) is 0 Å². The van der Waals surface area contributed by atoms with Crippen molar-refractivity contribution in [3.05, 3.63) is 178 Å². The third kappa shape index (κ3) is 6.33. The number of thiophene rings is 1. The minimum absolute atomic E-state index is 0.113. The fourth-order valence-electron chi connectivity index (χ4n) is 6.85. The van der Waals surface area contributed by atoms with Crippen LogP contribution in [0, 0.1) is 6.92 Å². The van der Waals surface area contributed by atoms with Crippen LogP contribution in [-0.2, 0) is 5.41 Å². The van der Waals surface area contributed by atoms with Crippen LogP contribution < -0.4 is 4.90 Å². The molecule has 4 aromatic carbocycles. The zero-order valence-corrected chi connectivity index (χ0v) is 29.9. The van der Waals surface area contributed by atoms with Crippen LogP contribution in [-0.4, -0.2) is 6.54 Å². The van der Waals surface area contributed by atoms with E-state index >= 15 is 0 Å². The number of anilines is 1. The van der Waals surface area contributed by atoms with Gasteiger partial charge in [-0.1, -0.05) is 136 Å². The van der Waals surface area contributed by atoms with Gasteiger partial charge >= 0.3 is 0 Å². The monoisotopic (exact) mass is 643 g/mol. The second-order valence-corrected chi connectivity index (χ2v) is 14.1. The van der Waals surface area contributed by atoms with Gasteiger partial charge in [-0.25, -0.2) is 0 Å². The number of hydrogen-bond donors (Lipinski definition) is 0. The molecule has 0 bridgehead atoms. The van der Waals surface area contributed by atoms with Crippen LogP contribution in [0.3, 0.4) is 0 Å². The Morgan fingerprint density at radius 3 is 2.25 bits per heavy atom. The Labute approximate surface area is 291 Å². The summed E-state index contributed by atoms with van der Waals surface area (Å²) in [5.74, 6) is 0. The van der Waals surface area contributed by atoms with Crippen LogP contribution >= 0.6 is 11.3 Å². The molecule has 0 spiro atoms. The summed E-state index contributed by atoms with van der Waals surface area (Å²) in [7, 11) is 0. The number of allylic oxidation sites excluding steroid dienone is 9. The van der Waals surface area contributed by atoms with Gasteiger partial charge in [0.25, 0.3) is 0 Å². The number of aryl methyl sites for hydroxylation is 1. The zero-order chi connectivity index (χ0) is 33.8. The van der Waals surface area contributed by atoms with Crippen molar-refractivity contribution >= 4 is 44.3 Å². The summed E-state index contributed by atoms with van der Waals surface area (Å²) in [6.07, 6.45) is 17.3. The summed E-state index contributed by atoms with van der Waals surface area (Å²) in [6.45, 7) is 18.1. The first-order valence-electron chi connectivity index (χ1n) is 16.8. The Bertz CT molecular complexity index is 2110. The molecule has 1 aliphatic rings. The third-order valence-electron chi connectivity index (χ3n) is 9.69. The van der Waals surface area contributed by atoms with E-state index < -0.39 is 0 Å². The average Bonchev–Trinajstić information content (AvgIpc) is 3.56. The summed E-state index contributed by atoms with van der Waals surface area (Å²) in [5.41, 5.74) is 14.1. The molecule has 1 heterocycles. The van der Waals surface area contributed by atoms with E-state index in [0.29, 0.717) is 0 Å². The fourth-order valence-corrected chi connectivity index (χ4v) is 8.13. The molecule has 1 aromatic heterocycles. The van der Waals surface area contributed by atoms with Gasteiger partial charge in [0.1, 0.15) is 0 Å². The summed E-state index contributed by atoms with van der Waals surface area (Å²) in [4.78, 5) is 3.74. The van der Waals surface area contributed by atoms with Crippen molar-refractivity contribution < 1.29 is 0 Å². The van der Waals surface area contributed by atoms with Gasteiger partial charge in [-0.05, 0) is 102 Å². The molecule has 0 unspecified atom stereocenters. The topological polar surface area (TPSA) is 3.24 Å². The maximum absolute atomic E-state index is 3.88. The summed E-state index contributed by atoms with van der Waals surface area (Å²) < 4.78 is 1.38. The average molecular weight is 644 g/mol. The van der Waals surface area contributed by atoms with E-state index in [-0.39, 0.29) is 5.41 Å². The highest BCUT2D eigenvalue weighted by Crippen LogP contribution is 2.54. The second kappa shape index (κ2) is 14.1.